The quantitative estimate of drug-likeness (QED) is 0.427. The van der Waals surface area contributed by atoms with Gasteiger partial charge in [0.2, 0.25) is 0 Å². The number of alkyl halides is 2. The molecule has 0 atom stereocenters. The maximum Gasteiger partial charge on any atom is 0.295 e. The average molecular weight is 467 g/mol. The number of rotatable bonds is 4. The number of carbonyl (C=O) groups is 2. The van der Waals surface area contributed by atoms with E-state index in [0.717, 1.165) is 6.42 Å². The molecule has 0 radical (unpaired) electrons. The summed E-state index contributed by atoms with van der Waals surface area (Å²) >= 11 is 1.72. The largest absolute Gasteiger partial charge is 0.337 e. The lowest BCUT2D eigenvalue weighted by Gasteiger charge is -2.28. The molecule has 2 amide bonds. The lowest BCUT2D eigenvalue weighted by Crippen LogP contribution is -2.35. The molecule has 1 aliphatic heterocycles. The highest BCUT2D eigenvalue weighted by molar-refractivity contribution is 7.10. The summed E-state index contributed by atoms with van der Waals surface area (Å²) in [6.45, 7) is 3.04. The molecule has 1 aliphatic rings. The number of hydrogen-bond donors (Lipinski definition) is 2. The van der Waals surface area contributed by atoms with Gasteiger partial charge in [-0.1, -0.05) is 6.07 Å². The van der Waals surface area contributed by atoms with Crippen molar-refractivity contribution in [3.8, 4) is 0 Å². The second kappa shape index (κ2) is 8.40. The predicted molar refractivity (Wildman–Crippen MR) is 123 cm³/mol. The highest BCUT2D eigenvalue weighted by atomic mass is 32.1. The monoisotopic (exact) mass is 466 g/mol. The first-order valence-corrected chi connectivity index (χ1v) is 11.3. The fourth-order valence-corrected chi connectivity index (χ4v) is 4.95. The van der Waals surface area contributed by atoms with Gasteiger partial charge >= 0.3 is 0 Å². The van der Waals surface area contributed by atoms with Gasteiger partial charge in [0.25, 0.3) is 18.2 Å². The van der Waals surface area contributed by atoms with Gasteiger partial charge in [0.1, 0.15) is 0 Å². The van der Waals surface area contributed by atoms with Gasteiger partial charge in [-0.3, -0.25) is 9.59 Å². The van der Waals surface area contributed by atoms with Crippen molar-refractivity contribution in [1.82, 2.24) is 14.9 Å². The Labute approximate surface area is 192 Å². The maximum atomic E-state index is 13.2. The Morgan fingerprint density at radius 3 is 2.88 bits per heavy atom. The molecule has 2 aromatic carbocycles. The summed E-state index contributed by atoms with van der Waals surface area (Å²) in [5.41, 5.74) is 3.94. The maximum absolute atomic E-state index is 13.2. The fraction of sp³-hybridized carbons (Fsp3) is 0.208. The van der Waals surface area contributed by atoms with Crippen LogP contribution in [0, 0.1) is 6.92 Å². The topological polar surface area (TPSA) is 78.1 Å². The van der Waals surface area contributed by atoms with Crippen molar-refractivity contribution >= 4 is 39.9 Å². The van der Waals surface area contributed by atoms with Gasteiger partial charge in [0.05, 0.1) is 11.0 Å². The molecule has 33 heavy (non-hydrogen) atoms. The molecule has 0 spiro atoms. The lowest BCUT2D eigenvalue weighted by molar-refractivity contribution is 0.0735. The van der Waals surface area contributed by atoms with Crippen LogP contribution in [-0.2, 0) is 13.0 Å². The number of imidazole rings is 1. The van der Waals surface area contributed by atoms with E-state index in [0.29, 0.717) is 46.5 Å². The number of amides is 2. The number of benzene rings is 2. The summed E-state index contributed by atoms with van der Waals surface area (Å²) < 4.78 is 25.8. The van der Waals surface area contributed by atoms with Gasteiger partial charge in [0.15, 0.2) is 5.82 Å². The smallest absolute Gasteiger partial charge is 0.295 e. The van der Waals surface area contributed by atoms with Crippen molar-refractivity contribution in [3.05, 3.63) is 80.8 Å². The molecule has 3 heterocycles. The zero-order valence-corrected chi connectivity index (χ0v) is 18.5. The number of nitrogens with zero attached hydrogens (tertiary/aromatic N) is 2. The van der Waals surface area contributed by atoms with Gasteiger partial charge in [0, 0.05) is 34.8 Å². The third kappa shape index (κ3) is 4.00. The van der Waals surface area contributed by atoms with E-state index in [9.17, 15) is 18.4 Å². The van der Waals surface area contributed by atoms with E-state index in [1.165, 1.54) is 28.6 Å². The van der Waals surface area contributed by atoms with E-state index in [1.807, 2.05) is 4.90 Å². The Morgan fingerprint density at radius 2 is 2.06 bits per heavy atom. The van der Waals surface area contributed by atoms with E-state index >= 15 is 0 Å². The van der Waals surface area contributed by atoms with Crippen LogP contribution in [0.2, 0.25) is 0 Å². The predicted octanol–water partition coefficient (Wildman–Crippen LogP) is 5.32. The molecule has 4 aromatic rings. The third-order valence-corrected chi connectivity index (χ3v) is 6.90. The molecule has 168 valence electrons. The molecule has 0 unspecified atom stereocenters. The zero-order valence-electron chi connectivity index (χ0n) is 17.7. The molecule has 0 fully saturated rings. The number of hydrogen-bond acceptors (Lipinski definition) is 4. The number of anilines is 1. The van der Waals surface area contributed by atoms with E-state index in [1.54, 1.807) is 36.5 Å². The highest BCUT2D eigenvalue weighted by Crippen LogP contribution is 2.27. The molecule has 0 saturated heterocycles. The van der Waals surface area contributed by atoms with E-state index < -0.39 is 18.2 Å². The Bertz CT molecular complexity index is 1380. The van der Waals surface area contributed by atoms with Crippen molar-refractivity contribution in [2.75, 3.05) is 11.9 Å². The Kier molecular flexibility index (Phi) is 5.41. The van der Waals surface area contributed by atoms with Gasteiger partial charge in [-0.2, -0.15) is 0 Å². The molecular weight excluding hydrogens is 446 g/mol. The van der Waals surface area contributed by atoms with E-state index in [-0.39, 0.29) is 5.91 Å². The summed E-state index contributed by atoms with van der Waals surface area (Å²) in [5, 5.41) is 4.89. The third-order valence-electron chi connectivity index (χ3n) is 5.88. The molecular formula is C24H20F2N4O2S. The fourth-order valence-electron chi connectivity index (χ4n) is 4.06. The van der Waals surface area contributed by atoms with Crippen LogP contribution < -0.4 is 5.32 Å². The molecule has 0 saturated carbocycles. The molecule has 0 aliphatic carbocycles. The second-order valence-corrected chi connectivity index (χ2v) is 8.93. The summed E-state index contributed by atoms with van der Waals surface area (Å²) in [5.74, 6) is -0.908. The van der Waals surface area contributed by atoms with Crippen molar-refractivity contribution in [1.29, 1.82) is 0 Å². The van der Waals surface area contributed by atoms with Crippen molar-refractivity contribution in [2.24, 2.45) is 0 Å². The van der Waals surface area contributed by atoms with E-state index in [4.69, 9.17) is 0 Å². The summed E-state index contributed by atoms with van der Waals surface area (Å²) in [7, 11) is 0. The Balaban J connectivity index is 1.36. The van der Waals surface area contributed by atoms with Gasteiger partial charge in [-0.25, -0.2) is 13.8 Å². The summed E-state index contributed by atoms with van der Waals surface area (Å²) in [6, 6.07) is 11.8. The number of halogens is 2. The van der Waals surface area contributed by atoms with Crippen LogP contribution in [0.1, 0.15) is 49.0 Å². The zero-order chi connectivity index (χ0) is 23.1. The van der Waals surface area contributed by atoms with Crippen molar-refractivity contribution < 1.29 is 18.4 Å². The van der Waals surface area contributed by atoms with Crippen molar-refractivity contribution in [3.63, 3.8) is 0 Å². The van der Waals surface area contributed by atoms with Gasteiger partial charge in [-0.05, 0) is 66.2 Å². The first-order chi connectivity index (χ1) is 15.9. The standard InChI is InChI=1S/C24H20F2N4O2S/c1-13-16(24(32)30-9-7-20-15(12-30)8-10-33-20)3-2-4-17(13)29-23(31)14-5-6-18-19(11-14)28-22(27-18)21(25)26/h2-6,8,10-11,21H,7,9,12H2,1H3,(H,27,28)(H,29,31). The minimum Gasteiger partial charge on any atom is -0.337 e. The van der Waals surface area contributed by atoms with Crippen LogP contribution >= 0.6 is 11.3 Å². The lowest BCUT2D eigenvalue weighted by atomic mass is 10.0. The Morgan fingerprint density at radius 1 is 1.21 bits per heavy atom. The van der Waals surface area contributed by atoms with Gasteiger partial charge < -0.3 is 15.2 Å². The second-order valence-electron chi connectivity index (χ2n) is 7.93. The van der Waals surface area contributed by atoms with Crippen LogP contribution in [0.5, 0.6) is 0 Å². The normalized spacial score (nSPS) is 13.4. The number of carbonyl (C=O) groups excluding carboxylic acids is 2. The average Bonchev–Trinajstić information content (AvgIpc) is 3.45. The number of H-pyrrole nitrogens is 1. The number of nitrogens with one attached hydrogen (secondary N) is 2. The molecule has 5 rings (SSSR count). The molecule has 2 N–H and O–H groups in total. The van der Waals surface area contributed by atoms with Gasteiger partial charge in [-0.15, -0.1) is 11.3 Å². The number of thiophene rings is 1. The molecule has 0 bridgehead atoms. The number of fused-ring (bicyclic) bond motifs is 2. The molecule has 9 heteroatoms. The number of aromatic amines is 1. The SMILES string of the molecule is Cc1c(NC(=O)c2ccc3nc(C(F)F)[nH]c3c2)cccc1C(=O)N1CCc2sccc2C1. The van der Waals surface area contributed by atoms with Crippen LogP contribution in [0.25, 0.3) is 11.0 Å². The van der Waals surface area contributed by atoms with Crippen LogP contribution in [0.4, 0.5) is 14.5 Å². The number of aromatic nitrogens is 2. The molecule has 6 nitrogen and oxygen atoms in total. The first kappa shape index (κ1) is 21.3. The van der Waals surface area contributed by atoms with Crippen molar-refractivity contribution in [2.45, 2.75) is 26.3 Å². The minimum absolute atomic E-state index is 0.0705. The molecule has 2 aromatic heterocycles. The highest BCUT2D eigenvalue weighted by Gasteiger charge is 2.24. The first-order valence-electron chi connectivity index (χ1n) is 10.4. The van der Waals surface area contributed by atoms with Crippen LogP contribution in [0.3, 0.4) is 0 Å². The van der Waals surface area contributed by atoms with E-state index in [2.05, 4.69) is 26.7 Å². The summed E-state index contributed by atoms with van der Waals surface area (Å²) in [6.07, 6.45) is -1.87. The summed E-state index contributed by atoms with van der Waals surface area (Å²) in [4.78, 5) is 35.6. The van der Waals surface area contributed by atoms with Crippen LogP contribution in [0.15, 0.2) is 47.8 Å². The van der Waals surface area contributed by atoms with Crippen LogP contribution in [-0.4, -0.2) is 33.2 Å². The Hall–Kier alpha value is -3.59. The minimum atomic E-state index is -2.72.